The largest absolute Gasteiger partial charge is 0.399 e. The predicted molar refractivity (Wildman–Crippen MR) is 55.8 cm³/mol. The molecule has 1 unspecified atom stereocenters. The lowest BCUT2D eigenvalue weighted by Gasteiger charge is -2.12. The second-order valence-corrected chi connectivity index (χ2v) is 2.85. The Bertz CT molecular complexity index is 156. The van der Waals surface area contributed by atoms with Crippen molar-refractivity contribution in [1.29, 1.82) is 0 Å². The Kier molecular flexibility index (Phi) is 6.54. The van der Waals surface area contributed by atoms with Gasteiger partial charge in [-0.05, 0) is 24.8 Å². The fraction of sp³-hybridized carbons (Fsp3) is 0.636. The summed E-state index contributed by atoms with van der Waals surface area (Å²) in [6.45, 7) is 6.22. The van der Waals surface area contributed by atoms with E-state index in [4.69, 9.17) is 5.73 Å². The van der Waals surface area contributed by atoms with Crippen molar-refractivity contribution in [2.24, 2.45) is 11.7 Å². The molecule has 0 heterocycles. The number of rotatable bonds is 2. The van der Waals surface area contributed by atoms with E-state index >= 15 is 0 Å². The van der Waals surface area contributed by atoms with Crippen LogP contribution in [0.25, 0.3) is 0 Å². The van der Waals surface area contributed by atoms with Crippen LogP contribution in [0.15, 0.2) is 23.9 Å². The minimum Gasteiger partial charge on any atom is -0.399 e. The van der Waals surface area contributed by atoms with Crippen LogP contribution >= 0.6 is 0 Å². The molecule has 0 saturated carbocycles. The third kappa shape index (κ3) is 4.22. The topological polar surface area (TPSA) is 26.0 Å². The summed E-state index contributed by atoms with van der Waals surface area (Å²) in [6, 6.07) is 0. The van der Waals surface area contributed by atoms with Gasteiger partial charge in [-0.3, -0.25) is 0 Å². The number of allylic oxidation sites excluding steroid dienone is 3. The van der Waals surface area contributed by atoms with Crippen molar-refractivity contribution in [1.82, 2.24) is 0 Å². The third-order valence-corrected chi connectivity index (χ3v) is 1.88. The van der Waals surface area contributed by atoms with E-state index in [0.717, 1.165) is 18.0 Å². The number of nitrogens with two attached hydrogens (primary N) is 1. The van der Waals surface area contributed by atoms with Crippen molar-refractivity contribution in [3.8, 4) is 0 Å². The van der Waals surface area contributed by atoms with E-state index in [1.807, 2.05) is 19.9 Å². The lowest BCUT2D eigenvalue weighted by molar-refractivity contribution is 0.581. The third-order valence-electron chi connectivity index (χ3n) is 1.88. The van der Waals surface area contributed by atoms with Crippen molar-refractivity contribution in [2.45, 2.75) is 40.0 Å². The van der Waals surface area contributed by atoms with Crippen molar-refractivity contribution >= 4 is 0 Å². The van der Waals surface area contributed by atoms with Gasteiger partial charge in [-0.25, -0.2) is 0 Å². The number of hydrogen-bond acceptors (Lipinski definition) is 1. The molecule has 1 nitrogen and oxygen atoms in total. The van der Waals surface area contributed by atoms with Gasteiger partial charge in [-0.1, -0.05) is 39.3 Å². The monoisotopic (exact) mass is 167 g/mol. The van der Waals surface area contributed by atoms with Crippen molar-refractivity contribution in [3.63, 3.8) is 0 Å². The quantitative estimate of drug-likeness (QED) is 0.671. The van der Waals surface area contributed by atoms with Crippen LogP contribution in [0.4, 0.5) is 0 Å². The van der Waals surface area contributed by atoms with Gasteiger partial charge in [0.15, 0.2) is 0 Å². The fourth-order valence-electron chi connectivity index (χ4n) is 1.27. The lowest BCUT2D eigenvalue weighted by Crippen LogP contribution is -2.03. The summed E-state index contributed by atoms with van der Waals surface area (Å²) in [4.78, 5) is 0. The Morgan fingerprint density at radius 2 is 2.17 bits per heavy atom. The number of hydrogen-bond donors (Lipinski definition) is 1. The van der Waals surface area contributed by atoms with E-state index in [-0.39, 0.29) is 0 Å². The fourth-order valence-corrected chi connectivity index (χ4v) is 1.27. The van der Waals surface area contributed by atoms with Crippen LogP contribution in [0, 0.1) is 5.92 Å². The van der Waals surface area contributed by atoms with E-state index < -0.39 is 0 Å². The van der Waals surface area contributed by atoms with Crippen LogP contribution in [-0.2, 0) is 0 Å². The molecule has 0 saturated heterocycles. The normalized spacial score (nSPS) is 20.9. The molecule has 0 aromatic heterocycles. The molecule has 0 fully saturated rings. The van der Waals surface area contributed by atoms with Gasteiger partial charge >= 0.3 is 0 Å². The molecule has 1 aliphatic rings. The first-order valence-corrected chi connectivity index (χ1v) is 4.96. The molecular formula is C11H21N. The van der Waals surface area contributed by atoms with Crippen molar-refractivity contribution in [2.75, 3.05) is 0 Å². The Morgan fingerprint density at radius 3 is 2.58 bits per heavy atom. The highest BCUT2D eigenvalue weighted by Gasteiger charge is 2.04. The van der Waals surface area contributed by atoms with Crippen LogP contribution in [0.1, 0.15) is 40.0 Å². The average Bonchev–Trinajstić information content (AvgIpc) is 2.13. The first-order chi connectivity index (χ1) is 5.83. The molecule has 1 atom stereocenters. The minimum absolute atomic E-state index is 0.747. The molecular weight excluding hydrogens is 146 g/mol. The lowest BCUT2D eigenvalue weighted by atomic mass is 9.95. The molecule has 0 radical (unpaired) electrons. The maximum Gasteiger partial charge on any atom is 0.0270 e. The smallest absolute Gasteiger partial charge is 0.0270 e. The molecule has 12 heavy (non-hydrogen) atoms. The summed E-state index contributed by atoms with van der Waals surface area (Å²) < 4.78 is 0. The van der Waals surface area contributed by atoms with Crippen LogP contribution in [-0.4, -0.2) is 0 Å². The Balaban J connectivity index is 0.000000561. The molecule has 0 aliphatic heterocycles. The van der Waals surface area contributed by atoms with Crippen LogP contribution < -0.4 is 5.73 Å². The molecule has 1 rings (SSSR count). The van der Waals surface area contributed by atoms with Crippen LogP contribution in [0.2, 0.25) is 0 Å². The van der Waals surface area contributed by atoms with Crippen molar-refractivity contribution < 1.29 is 0 Å². The minimum atomic E-state index is 0.747. The van der Waals surface area contributed by atoms with Gasteiger partial charge in [0.05, 0.1) is 0 Å². The summed E-state index contributed by atoms with van der Waals surface area (Å²) in [6.07, 6.45) is 10.0. The molecule has 1 heteroatoms. The van der Waals surface area contributed by atoms with Gasteiger partial charge < -0.3 is 5.73 Å². The predicted octanol–water partition coefficient (Wildman–Crippen LogP) is 3.23. The molecule has 0 amide bonds. The molecule has 0 bridgehead atoms. The van der Waals surface area contributed by atoms with Crippen LogP contribution in [0.5, 0.6) is 0 Å². The van der Waals surface area contributed by atoms with Gasteiger partial charge in [0, 0.05) is 5.70 Å². The van der Waals surface area contributed by atoms with Gasteiger partial charge in [0.2, 0.25) is 0 Å². The molecule has 2 N–H and O–H groups in total. The zero-order chi connectivity index (χ0) is 9.40. The van der Waals surface area contributed by atoms with Gasteiger partial charge in [0.25, 0.3) is 0 Å². The molecule has 0 aromatic rings. The Hall–Kier alpha value is -0.720. The first-order valence-electron chi connectivity index (χ1n) is 4.96. The highest BCUT2D eigenvalue weighted by molar-refractivity contribution is 5.20. The van der Waals surface area contributed by atoms with Gasteiger partial charge in [-0.15, -0.1) is 0 Å². The standard InChI is InChI=1S/C9H15N.C2H6/c1-2-3-8-4-6-9(10)7-5-8;1-2/h4,6-8H,2-3,5,10H2,1H3;1-2H3. The van der Waals surface area contributed by atoms with Crippen molar-refractivity contribution in [3.05, 3.63) is 23.9 Å². The SMILES string of the molecule is CC.CCCC1C=CC(N)=CC1. The first kappa shape index (κ1) is 11.3. The van der Waals surface area contributed by atoms with E-state index in [1.165, 1.54) is 12.8 Å². The summed E-state index contributed by atoms with van der Waals surface area (Å²) in [5, 5.41) is 0. The van der Waals surface area contributed by atoms with E-state index in [9.17, 15) is 0 Å². The van der Waals surface area contributed by atoms with E-state index in [2.05, 4.69) is 19.1 Å². The molecule has 0 aromatic carbocycles. The molecule has 0 spiro atoms. The van der Waals surface area contributed by atoms with Gasteiger partial charge in [0.1, 0.15) is 0 Å². The zero-order valence-corrected chi connectivity index (χ0v) is 8.51. The average molecular weight is 167 g/mol. The van der Waals surface area contributed by atoms with E-state index in [1.54, 1.807) is 0 Å². The highest BCUT2D eigenvalue weighted by atomic mass is 14.6. The second kappa shape index (κ2) is 6.96. The van der Waals surface area contributed by atoms with Gasteiger partial charge in [-0.2, -0.15) is 0 Å². The summed E-state index contributed by atoms with van der Waals surface area (Å²) in [5.74, 6) is 0.747. The zero-order valence-electron chi connectivity index (χ0n) is 8.51. The second-order valence-electron chi connectivity index (χ2n) is 2.85. The summed E-state index contributed by atoms with van der Waals surface area (Å²) >= 11 is 0. The Morgan fingerprint density at radius 1 is 1.50 bits per heavy atom. The molecule has 1 aliphatic carbocycles. The van der Waals surface area contributed by atoms with E-state index in [0.29, 0.717) is 0 Å². The summed E-state index contributed by atoms with van der Waals surface area (Å²) in [5.41, 5.74) is 6.49. The summed E-state index contributed by atoms with van der Waals surface area (Å²) in [7, 11) is 0. The Labute approximate surface area is 76.3 Å². The maximum absolute atomic E-state index is 5.57. The molecule has 70 valence electrons. The van der Waals surface area contributed by atoms with Crippen LogP contribution in [0.3, 0.4) is 0 Å². The maximum atomic E-state index is 5.57. The highest BCUT2D eigenvalue weighted by Crippen LogP contribution is 2.18.